The number of aromatic nitrogens is 1. The van der Waals surface area contributed by atoms with Crippen molar-refractivity contribution in [2.24, 2.45) is 0 Å². The van der Waals surface area contributed by atoms with Crippen molar-refractivity contribution < 1.29 is 0 Å². The van der Waals surface area contributed by atoms with Crippen LogP contribution in [0.2, 0.25) is 0 Å². The van der Waals surface area contributed by atoms with Gasteiger partial charge >= 0.3 is 0 Å². The van der Waals surface area contributed by atoms with Gasteiger partial charge < -0.3 is 10.6 Å². The van der Waals surface area contributed by atoms with Gasteiger partial charge in [0.05, 0.1) is 0 Å². The van der Waals surface area contributed by atoms with Crippen molar-refractivity contribution in [2.75, 3.05) is 25.5 Å². The molecular formula is C18H21N3. The Balaban J connectivity index is 2.03. The number of hydrogen-bond donors (Lipinski definition) is 2. The van der Waals surface area contributed by atoms with Gasteiger partial charge in [-0.15, -0.1) is 0 Å². The van der Waals surface area contributed by atoms with E-state index >= 15 is 0 Å². The minimum Gasteiger partial charge on any atom is -0.388 e. The number of pyridine rings is 1. The zero-order valence-electron chi connectivity index (χ0n) is 12.4. The smallest absolute Gasteiger partial charge is 0.0414 e. The maximum Gasteiger partial charge on any atom is 0.0414 e. The fourth-order valence-corrected chi connectivity index (χ4v) is 2.74. The van der Waals surface area contributed by atoms with Gasteiger partial charge in [0.1, 0.15) is 0 Å². The number of anilines is 1. The molecule has 2 heterocycles. The van der Waals surface area contributed by atoms with Crippen molar-refractivity contribution in [1.82, 2.24) is 10.3 Å². The normalized spacial score (nSPS) is 15.2. The molecule has 0 unspecified atom stereocenters. The Labute approximate surface area is 126 Å². The number of rotatable bonds is 3. The van der Waals surface area contributed by atoms with Crippen LogP contribution < -0.4 is 10.6 Å². The summed E-state index contributed by atoms with van der Waals surface area (Å²) in [6.45, 7) is 2.03. The molecule has 108 valence electrons. The predicted octanol–water partition coefficient (Wildman–Crippen LogP) is 3.56. The largest absolute Gasteiger partial charge is 0.388 e. The van der Waals surface area contributed by atoms with Gasteiger partial charge in [-0.3, -0.25) is 4.98 Å². The van der Waals surface area contributed by atoms with Gasteiger partial charge in [0.25, 0.3) is 0 Å². The molecule has 0 fully saturated rings. The molecule has 1 aromatic heterocycles. The molecule has 1 aliphatic heterocycles. The molecule has 2 N–H and O–H groups in total. The summed E-state index contributed by atoms with van der Waals surface area (Å²) in [6.07, 6.45) is 8.44. The third-order valence-corrected chi connectivity index (χ3v) is 3.89. The highest BCUT2D eigenvalue weighted by molar-refractivity contribution is 5.81. The highest BCUT2D eigenvalue weighted by atomic mass is 14.9. The number of nitrogens with one attached hydrogen (secondary N) is 2. The summed E-state index contributed by atoms with van der Waals surface area (Å²) < 4.78 is 0. The van der Waals surface area contributed by atoms with E-state index in [-0.39, 0.29) is 0 Å². The van der Waals surface area contributed by atoms with Crippen LogP contribution in [0.1, 0.15) is 18.4 Å². The Kier molecular flexibility index (Phi) is 4.31. The van der Waals surface area contributed by atoms with Crippen LogP contribution in [0.25, 0.3) is 16.7 Å². The van der Waals surface area contributed by atoms with Crippen molar-refractivity contribution >= 4 is 11.3 Å². The second-order valence-corrected chi connectivity index (χ2v) is 5.30. The lowest BCUT2D eigenvalue weighted by Gasteiger charge is -2.14. The molecule has 0 saturated heterocycles. The first-order valence-corrected chi connectivity index (χ1v) is 7.51. The molecule has 0 spiro atoms. The van der Waals surface area contributed by atoms with Gasteiger partial charge in [-0.25, -0.2) is 0 Å². The fraction of sp³-hybridized carbons (Fsp3) is 0.278. The molecule has 0 aliphatic carbocycles. The van der Waals surface area contributed by atoms with Gasteiger partial charge in [-0.05, 0) is 48.7 Å². The summed E-state index contributed by atoms with van der Waals surface area (Å²) in [5.74, 6) is 0. The van der Waals surface area contributed by atoms with E-state index < -0.39 is 0 Å². The van der Waals surface area contributed by atoms with E-state index in [2.05, 4.69) is 46.0 Å². The van der Waals surface area contributed by atoms with Crippen molar-refractivity contribution in [2.45, 2.75) is 12.8 Å². The van der Waals surface area contributed by atoms with Crippen LogP contribution in [0.15, 0.2) is 48.8 Å². The van der Waals surface area contributed by atoms with Gasteiger partial charge in [0.15, 0.2) is 0 Å². The van der Waals surface area contributed by atoms with E-state index in [1.54, 1.807) is 0 Å². The molecule has 2 aromatic rings. The second-order valence-electron chi connectivity index (χ2n) is 5.30. The lowest BCUT2D eigenvalue weighted by Crippen LogP contribution is -2.16. The molecule has 0 radical (unpaired) electrons. The van der Waals surface area contributed by atoms with E-state index in [1.165, 1.54) is 28.8 Å². The van der Waals surface area contributed by atoms with Gasteiger partial charge in [0, 0.05) is 42.8 Å². The highest BCUT2D eigenvalue weighted by Gasteiger charge is 2.11. The van der Waals surface area contributed by atoms with Crippen LogP contribution in [0, 0.1) is 0 Å². The Morgan fingerprint density at radius 3 is 2.95 bits per heavy atom. The molecule has 3 heteroatoms. The van der Waals surface area contributed by atoms with E-state index in [1.807, 2.05) is 25.5 Å². The maximum absolute atomic E-state index is 4.22. The molecule has 1 aliphatic rings. The fourth-order valence-electron chi connectivity index (χ4n) is 2.74. The Morgan fingerprint density at radius 2 is 2.14 bits per heavy atom. The van der Waals surface area contributed by atoms with Crippen LogP contribution in [0.5, 0.6) is 0 Å². The van der Waals surface area contributed by atoms with Gasteiger partial charge in [0.2, 0.25) is 0 Å². The van der Waals surface area contributed by atoms with Crippen LogP contribution in [0.4, 0.5) is 5.69 Å². The van der Waals surface area contributed by atoms with Gasteiger partial charge in [-0.2, -0.15) is 0 Å². The summed E-state index contributed by atoms with van der Waals surface area (Å²) in [6, 6.07) is 10.7. The highest BCUT2D eigenvalue weighted by Crippen LogP contribution is 2.30. The van der Waals surface area contributed by atoms with Crippen LogP contribution in [-0.4, -0.2) is 25.1 Å². The summed E-state index contributed by atoms with van der Waals surface area (Å²) in [5, 5.41) is 6.81. The van der Waals surface area contributed by atoms with Crippen LogP contribution in [-0.2, 0) is 0 Å². The minimum atomic E-state index is 0.936. The molecule has 1 aromatic carbocycles. The quantitative estimate of drug-likeness (QED) is 0.902. The van der Waals surface area contributed by atoms with Gasteiger partial charge in [-0.1, -0.05) is 18.2 Å². The molecule has 0 atom stereocenters. The minimum absolute atomic E-state index is 0.936. The first-order chi connectivity index (χ1) is 10.4. The number of nitrogens with zero attached hydrogens (tertiary/aromatic N) is 1. The number of allylic oxidation sites excluding steroid dienone is 1. The zero-order chi connectivity index (χ0) is 14.5. The van der Waals surface area contributed by atoms with Crippen molar-refractivity contribution in [3.63, 3.8) is 0 Å². The molecule has 0 saturated carbocycles. The third-order valence-electron chi connectivity index (χ3n) is 3.89. The first-order valence-electron chi connectivity index (χ1n) is 7.51. The maximum atomic E-state index is 4.22. The molecule has 3 rings (SSSR count). The summed E-state index contributed by atoms with van der Waals surface area (Å²) in [5.41, 5.74) is 6.21. The number of hydrogen-bond acceptors (Lipinski definition) is 3. The predicted molar refractivity (Wildman–Crippen MR) is 89.3 cm³/mol. The average molecular weight is 279 g/mol. The molecular weight excluding hydrogens is 258 g/mol. The monoisotopic (exact) mass is 279 g/mol. The van der Waals surface area contributed by atoms with E-state index in [0.717, 1.165) is 25.1 Å². The van der Waals surface area contributed by atoms with E-state index in [0.29, 0.717) is 0 Å². The van der Waals surface area contributed by atoms with Crippen molar-refractivity contribution in [3.8, 4) is 11.1 Å². The molecule has 0 bridgehead atoms. The topological polar surface area (TPSA) is 37.0 Å². The van der Waals surface area contributed by atoms with E-state index in [4.69, 9.17) is 0 Å². The van der Waals surface area contributed by atoms with Crippen LogP contribution >= 0.6 is 0 Å². The lowest BCUT2D eigenvalue weighted by molar-refractivity contribution is 0.724. The van der Waals surface area contributed by atoms with Crippen molar-refractivity contribution in [3.05, 3.63) is 54.4 Å². The average Bonchev–Trinajstić information content (AvgIpc) is 2.84. The Hall–Kier alpha value is -2.13. The molecule has 3 nitrogen and oxygen atoms in total. The third kappa shape index (κ3) is 3.14. The zero-order valence-corrected chi connectivity index (χ0v) is 12.4. The Bertz CT molecular complexity index is 632. The SMILES string of the molecule is CNc1ccc(-c2cccnc2)cc1C1=CCCCNC1. The summed E-state index contributed by atoms with van der Waals surface area (Å²) >= 11 is 0. The van der Waals surface area contributed by atoms with Crippen LogP contribution in [0.3, 0.4) is 0 Å². The first kappa shape index (κ1) is 13.8. The molecule has 21 heavy (non-hydrogen) atoms. The second kappa shape index (κ2) is 6.55. The number of benzene rings is 1. The summed E-state index contributed by atoms with van der Waals surface area (Å²) in [7, 11) is 1.98. The summed E-state index contributed by atoms with van der Waals surface area (Å²) in [4.78, 5) is 4.22. The standard InChI is InChI=1S/C18H21N3/c1-19-18-8-7-14(15-6-4-10-21-12-15)11-17(18)16-5-2-3-9-20-13-16/h4-8,10-12,19-20H,2-3,9,13H2,1H3. The lowest BCUT2D eigenvalue weighted by atomic mass is 9.97. The van der Waals surface area contributed by atoms with Crippen molar-refractivity contribution in [1.29, 1.82) is 0 Å². The molecule has 0 amide bonds. The Morgan fingerprint density at radius 1 is 1.19 bits per heavy atom. The van der Waals surface area contributed by atoms with E-state index in [9.17, 15) is 0 Å².